The molecule has 0 bridgehead atoms. The Hall–Kier alpha value is -0.870. The standard InChI is InChI=1S/C13H18BrNO2/c1-3-12(16)15-9-13(17,4-2)10-5-7-11(14)8-6-10/h5-8,17H,3-4,9H2,1-2H3,(H,15,16)/t13-/m0/s1. The van der Waals surface area contributed by atoms with Crippen LogP contribution in [0.3, 0.4) is 0 Å². The first-order valence-corrected chi connectivity index (χ1v) is 6.56. The fourth-order valence-electron chi connectivity index (χ4n) is 1.56. The van der Waals surface area contributed by atoms with Gasteiger partial charge in [-0.25, -0.2) is 0 Å². The summed E-state index contributed by atoms with van der Waals surface area (Å²) in [6.07, 6.45) is 0.985. The van der Waals surface area contributed by atoms with E-state index in [0.29, 0.717) is 12.8 Å². The van der Waals surface area contributed by atoms with Gasteiger partial charge in [0, 0.05) is 10.9 Å². The first-order chi connectivity index (χ1) is 8.01. The van der Waals surface area contributed by atoms with Crippen LogP contribution in [-0.4, -0.2) is 17.6 Å². The molecule has 0 aliphatic carbocycles. The van der Waals surface area contributed by atoms with Crippen LogP contribution in [0.15, 0.2) is 28.7 Å². The third-order valence-electron chi connectivity index (χ3n) is 2.87. The summed E-state index contributed by atoms with van der Waals surface area (Å²) in [7, 11) is 0. The summed E-state index contributed by atoms with van der Waals surface area (Å²) in [6, 6.07) is 7.51. The SMILES string of the molecule is CCC(=O)NC[C@@](O)(CC)c1ccc(Br)cc1. The van der Waals surface area contributed by atoms with Crippen LogP contribution in [0.2, 0.25) is 0 Å². The molecule has 0 heterocycles. The Morgan fingerprint density at radius 2 is 1.94 bits per heavy atom. The molecule has 1 atom stereocenters. The molecule has 17 heavy (non-hydrogen) atoms. The highest BCUT2D eigenvalue weighted by molar-refractivity contribution is 9.10. The number of hydrogen-bond donors (Lipinski definition) is 2. The van der Waals surface area contributed by atoms with Crippen LogP contribution >= 0.6 is 15.9 Å². The minimum absolute atomic E-state index is 0.0472. The van der Waals surface area contributed by atoms with Crippen molar-refractivity contribution in [3.63, 3.8) is 0 Å². The number of halogens is 1. The Labute approximate surface area is 110 Å². The van der Waals surface area contributed by atoms with Crippen molar-refractivity contribution >= 4 is 21.8 Å². The van der Waals surface area contributed by atoms with E-state index in [2.05, 4.69) is 21.2 Å². The molecule has 94 valence electrons. The molecule has 4 heteroatoms. The Bertz CT molecular complexity index is 378. The maximum absolute atomic E-state index is 11.2. The zero-order chi connectivity index (χ0) is 12.9. The summed E-state index contributed by atoms with van der Waals surface area (Å²) in [5.74, 6) is -0.0472. The van der Waals surface area contributed by atoms with Gasteiger partial charge in [-0.05, 0) is 24.1 Å². The van der Waals surface area contributed by atoms with Crippen molar-refractivity contribution in [3.8, 4) is 0 Å². The summed E-state index contributed by atoms with van der Waals surface area (Å²) >= 11 is 3.36. The zero-order valence-electron chi connectivity index (χ0n) is 10.2. The Balaban J connectivity index is 2.80. The minimum atomic E-state index is -0.995. The van der Waals surface area contributed by atoms with Gasteiger partial charge in [-0.3, -0.25) is 4.79 Å². The fourth-order valence-corrected chi connectivity index (χ4v) is 1.83. The van der Waals surface area contributed by atoms with Gasteiger partial charge in [0.25, 0.3) is 0 Å². The van der Waals surface area contributed by atoms with Crippen LogP contribution in [-0.2, 0) is 10.4 Å². The predicted molar refractivity (Wildman–Crippen MR) is 71.6 cm³/mol. The average Bonchev–Trinajstić information content (AvgIpc) is 2.36. The maximum atomic E-state index is 11.2. The summed E-state index contributed by atoms with van der Waals surface area (Å²) in [6.45, 7) is 3.94. The second-order valence-electron chi connectivity index (χ2n) is 4.02. The van der Waals surface area contributed by atoms with Gasteiger partial charge in [-0.2, -0.15) is 0 Å². The Morgan fingerprint density at radius 3 is 2.41 bits per heavy atom. The van der Waals surface area contributed by atoms with Gasteiger partial charge in [-0.1, -0.05) is 41.9 Å². The number of carbonyl (C=O) groups excluding carboxylic acids is 1. The molecular weight excluding hydrogens is 282 g/mol. The number of rotatable bonds is 5. The van der Waals surface area contributed by atoms with E-state index < -0.39 is 5.60 Å². The second-order valence-corrected chi connectivity index (χ2v) is 4.94. The van der Waals surface area contributed by atoms with E-state index in [1.807, 2.05) is 31.2 Å². The molecule has 2 N–H and O–H groups in total. The summed E-state index contributed by atoms with van der Waals surface area (Å²) < 4.78 is 0.970. The highest BCUT2D eigenvalue weighted by Crippen LogP contribution is 2.25. The lowest BCUT2D eigenvalue weighted by Crippen LogP contribution is -2.40. The largest absolute Gasteiger partial charge is 0.383 e. The van der Waals surface area contributed by atoms with Crippen molar-refractivity contribution in [2.75, 3.05) is 6.54 Å². The van der Waals surface area contributed by atoms with Gasteiger partial charge in [0.15, 0.2) is 0 Å². The lowest BCUT2D eigenvalue weighted by atomic mass is 9.91. The van der Waals surface area contributed by atoms with E-state index in [1.54, 1.807) is 6.92 Å². The van der Waals surface area contributed by atoms with Gasteiger partial charge in [0.05, 0.1) is 6.54 Å². The van der Waals surface area contributed by atoms with Gasteiger partial charge >= 0.3 is 0 Å². The number of amides is 1. The third-order valence-corrected chi connectivity index (χ3v) is 3.39. The van der Waals surface area contributed by atoms with Crippen molar-refractivity contribution in [2.45, 2.75) is 32.3 Å². The molecule has 0 radical (unpaired) electrons. The van der Waals surface area contributed by atoms with E-state index in [4.69, 9.17) is 0 Å². The number of aliphatic hydroxyl groups is 1. The summed E-state index contributed by atoms with van der Waals surface area (Å²) in [5.41, 5.74) is -0.175. The number of carbonyl (C=O) groups is 1. The highest BCUT2D eigenvalue weighted by Gasteiger charge is 2.27. The fraction of sp³-hybridized carbons (Fsp3) is 0.462. The average molecular weight is 300 g/mol. The molecule has 0 unspecified atom stereocenters. The van der Waals surface area contributed by atoms with Crippen LogP contribution in [0.5, 0.6) is 0 Å². The van der Waals surface area contributed by atoms with Crippen molar-refractivity contribution in [1.29, 1.82) is 0 Å². The van der Waals surface area contributed by atoms with Crippen LogP contribution in [0.25, 0.3) is 0 Å². The quantitative estimate of drug-likeness (QED) is 0.878. The number of nitrogens with one attached hydrogen (secondary N) is 1. The molecule has 1 rings (SSSR count). The lowest BCUT2D eigenvalue weighted by Gasteiger charge is -2.27. The van der Waals surface area contributed by atoms with Crippen molar-refractivity contribution in [1.82, 2.24) is 5.32 Å². The number of benzene rings is 1. The number of hydrogen-bond acceptors (Lipinski definition) is 2. The normalized spacial score (nSPS) is 14.1. The highest BCUT2D eigenvalue weighted by atomic mass is 79.9. The monoisotopic (exact) mass is 299 g/mol. The molecule has 0 spiro atoms. The molecule has 0 aliphatic heterocycles. The molecule has 1 aromatic carbocycles. The Kier molecular flexibility index (Phi) is 5.15. The van der Waals surface area contributed by atoms with E-state index >= 15 is 0 Å². The molecule has 1 aromatic rings. The van der Waals surface area contributed by atoms with Crippen LogP contribution < -0.4 is 5.32 Å². The van der Waals surface area contributed by atoms with Crippen LogP contribution in [0, 0.1) is 0 Å². The van der Waals surface area contributed by atoms with Crippen molar-refractivity contribution < 1.29 is 9.90 Å². The lowest BCUT2D eigenvalue weighted by molar-refractivity contribution is -0.122. The van der Waals surface area contributed by atoms with Crippen molar-refractivity contribution in [2.24, 2.45) is 0 Å². The van der Waals surface area contributed by atoms with Gasteiger partial charge < -0.3 is 10.4 Å². The third kappa shape index (κ3) is 3.82. The smallest absolute Gasteiger partial charge is 0.219 e. The molecule has 0 saturated heterocycles. The van der Waals surface area contributed by atoms with Crippen LogP contribution in [0.1, 0.15) is 32.3 Å². The van der Waals surface area contributed by atoms with Gasteiger partial charge in [0.1, 0.15) is 5.60 Å². The van der Waals surface area contributed by atoms with Crippen molar-refractivity contribution in [3.05, 3.63) is 34.3 Å². The predicted octanol–water partition coefficient (Wildman–Crippen LogP) is 2.57. The molecule has 0 aliphatic rings. The van der Waals surface area contributed by atoms with Gasteiger partial charge in [0.2, 0.25) is 5.91 Å². The van der Waals surface area contributed by atoms with E-state index in [9.17, 15) is 9.90 Å². The summed E-state index contributed by atoms with van der Waals surface area (Å²) in [4.78, 5) is 11.2. The van der Waals surface area contributed by atoms with Crippen LogP contribution in [0.4, 0.5) is 0 Å². The molecular formula is C13H18BrNO2. The summed E-state index contributed by atoms with van der Waals surface area (Å²) in [5, 5.41) is 13.2. The minimum Gasteiger partial charge on any atom is -0.383 e. The Morgan fingerprint density at radius 1 is 1.35 bits per heavy atom. The zero-order valence-corrected chi connectivity index (χ0v) is 11.8. The maximum Gasteiger partial charge on any atom is 0.219 e. The second kappa shape index (κ2) is 6.17. The first kappa shape index (κ1) is 14.2. The van der Waals surface area contributed by atoms with E-state index in [0.717, 1.165) is 10.0 Å². The van der Waals surface area contributed by atoms with Gasteiger partial charge in [-0.15, -0.1) is 0 Å². The first-order valence-electron chi connectivity index (χ1n) is 5.77. The van der Waals surface area contributed by atoms with E-state index in [1.165, 1.54) is 0 Å². The molecule has 3 nitrogen and oxygen atoms in total. The topological polar surface area (TPSA) is 49.3 Å². The molecule has 0 aromatic heterocycles. The molecule has 0 fully saturated rings. The molecule has 0 saturated carbocycles. The molecule has 1 amide bonds. The van der Waals surface area contributed by atoms with E-state index in [-0.39, 0.29) is 12.5 Å².